The van der Waals surface area contributed by atoms with Gasteiger partial charge in [-0.1, -0.05) is 54.1 Å². The van der Waals surface area contributed by atoms with Crippen LogP contribution in [0.5, 0.6) is 17.2 Å². The second kappa shape index (κ2) is 14.9. The monoisotopic (exact) mass is 859 g/mol. The molecular weight excluding hydrogens is 824 g/mol. The van der Waals surface area contributed by atoms with Crippen molar-refractivity contribution in [1.82, 2.24) is 9.80 Å². The van der Waals surface area contributed by atoms with Gasteiger partial charge in [-0.25, -0.2) is 26.9 Å². The summed E-state index contributed by atoms with van der Waals surface area (Å²) in [5.74, 6) is -21.1. The first kappa shape index (κ1) is 40.8. The van der Waals surface area contributed by atoms with E-state index in [0.29, 0.717) is 43.6 Å². The van der Waals surface area contributed by atoms with Crippen LogP contribution in [0.3, 0.4) is 0 Å². The number of fused-ring (bicyclic) bond motifs is 4. The number of alkyl halides is 2. The number of allylic oxidation sites excluding steroid dienone is 3. The van der Waals surface area contributed by atoms with E-state index in [9.17, 15) is 37.5 Å². The highest BCUT2D eigenvalue weighted by atomic mass is 35.5. The standard InChI is InChI=1S/C42H36Cl2F5N3O7/c1-58-27-16-21(17-28(59-2)36(27)53)8-11-26-23-9-10-24-29(38(55)51(37(24)54)22-12-14-50(15-13-22)19-20-6-4-3-5-7-20)25(23)18-41(43)39(56)52(40(57)42(26,41)44)35-33(48)31(46)30(45)32(47)34(35)49/h3-9,11,16-17,22,24-26,29,53H,10,12-15,18-19H2,1-2H3/t24-,25+,26-,29-,41+,42-/m0/s1. The van der Waals surface area contributed by atoms with Gasteiger partial charge in [-0.05, 0) is 54.9 Å². The largest absolute Gasteiger partial charge is 0.502 e. The lowest BCUT2D eigenvalue weighted by Crippen LogP contribution is -2.60. The van der Waals surface area contributed by atoms with Crippen molar-refractivity contribution >= 4 is 58.6 Å². The maximum atomic E-state index is 15.4. The molecule has 5 aliphatic rings. The summed E-state index contributed by atoms with van der Waals surface area (Å²) in [5, 5.41) is 10.5. The Morgan fingerprint density at radius 3 is 2.02 bits per heavy atom. The van der Waals surface area contributed by atoms with Gasteiger partial charge in [0.15, 0.2) is 44.5 Å². The van der Waals surface area contributed by atoms with E-state index in [1.54, 1.807) is 6.08 Å². The Labute approximate surface area is 344 Å². The van der Waals surface area contributed by atoms with Crippen molar-refractivity contribution in [3.05, 3.63) is 100 Å². The average Bonchev–Trinajstić information content (AvgIpc) is 3.57. The molecule has 3 saturated heterocycles. The highest BCUT2D eigenvalue weighted by molar-refractivity contribution is 6.58. The lowest BCUT2D eigenvalue weighted by Gasteiger charge is -2.49. The summed E-state index contributed by atoms with van der Waals surface area (Å²) in [6, 6.07) is 12.2. The third-order valence-corrected chi connectivity index (χ3v) is 13.9. The number of rotatable bonds is 8. The first-order valence-corrected chi connectivity index (χ1v) is 19.6. The second-order valence-electron chi connectivity index (χ2n) is 15.4. The van der Waals surface area contributed by atoms with E-state index >= 15 is 8.78 Å². The third-order valence-electron chi connectivity index (χ3n) is 12.5. The van der Waals surface area contributed by atoms with Crippen LogP contribution in [0.2, 0.25) is 0 Å². The van der Waals surface area contributed by atoms with Crippen molar-refractivity contribution in [3.8, 4) is 17.2 Å². The third kappa shape index (κ3) is 6.05. The molecule has 0 bridgehead atoms. The number of anilines is 1. The molecule has 0 unspecified atom stereocenters. The molecule has 310 valence electrons. The zero-order valence-corrected chi connectivity index (χ0v) is 33.0. The number of carbonyl (C=O) groups is 4. The zero-order chi connectivity index (χ0) is 42.3. The topological polar surface area (TPSA) is 117 Å². The highest BCUT2D eigenvalue weighted by Crippen LogP contribution is 2.64. The molecule has 10 nitrogen and oxygen atoms in total. The molecule has 17 heteroatoms. The molecule has 3 heterocycles. The Hall–Kier alpha value is -4.99. The normalized spacial score (nSPS) is 28.6. The van der Waals surface area contributed by atoms with E-state index in [4.69, 9.17) is 32.7 Å². The Balaban J connectivity index is 1.19. The van der Waals surface area contributed by atoms with Crippen LogP contribution in [0.1, 0.15) is 36.8 Å². The summed E-state index contributed by atoms with van der Waals surface area (Å²) >= 11 is 14.4. The van der Waals surface area contributed by atoms with Crippen LogP contribution in [-0.4, -0.2) is 81.6 Å². The predicted molar refractivity (Wildman–Crippen MR) is 204 cm³/mol. The minimum Gasteiger partial charge on any atom is -0.502 e. The second-order valence-corrected chi connectivity index (χ2v) is 16.7. The van der Waals surface area contributed by atoms with Gasteiger partial charge in [-0.2, -0.15) is 0 Å². The van der Waals surface area contributed by atoms with Crippen molar-refractivity contribution in [1.29, 1.82) is 0 Å². The van der Waals surface area contributed by atoms with Crippen molar-refractivity contribution < 1.29 is 55.7 Å². The molecule has 0 spiro atoms. The number of amides is 4. The highest BCUT2D eigenvalue weighted by Gasteiger charge is 2.76. The number of halogens is 7. The first-order valence-electron chi connectivity index (χ1n) is 18.8. The number of likely N-dealkylation sites (tertiary alicyclic amines) is 2. The van der Waals surface area contributed by atoms with Gasteiger partial charge in [0, 0.05) is 31.6 Å². The molecule has 4 fully saturated rings. The zero-order valence-electron chi connectivity index (χ0n) is 31.5. The van der Waals surface area contributed by atoms with E-state index in [2.05, 4.69) is 4.90 Å². The fourth-order valence-corrected chi connectivity index (χ4v) is 10.5. The van der Waals surface area contributed by atoms with Gasteiger partial charge in [0.05, 0.1) is 26.1 Å². The Morgan fingerprint density at radius 2 is 1.42 bits per heavy atom. The van der Waals surface area contributed by atoms with E-state index in [1.807, 2.05) is 30.3 Å². The number of hydrogen-bond donors (Lipinski definition) is 1. The average molecular weight is 861 g/mol. The summed E-state index contributed by atoms with van der Waals surface area (Å²) in [6.07, 6.45) is 4.86. The number of hydrogen-bond acceptors (Lipinski definition) is 8. The summed E-state index contributed by atoms with van der Waals surface area (Å²) in [4.78, 5) is 55.7. The number of phenols is 1. The van der Waals surface area contributed by atoms with Gasteiger partial charge in [0.25, 0.3) is 11.8 Å². The SMILES string of the molecule is COc1cc(C=C[C@H]2C3=CC[C@@H]4C(=O)N(C5CCN(Cc6ccccc6)CC5)C(=O)[C@@H]4[C@@H]3C[C@@]3(Cl)C(=O)N(c4c(F)c(F)c(F)c(F)c4F)C(=O)[C@@]23Cl)cc(OC)c1O. The molecule has 59 heavy (non-hydrogen) atoms. The van der Waals surface area contributed by atoms with E-state index < -0.39 is 104 Å². The fourth-order valence-electron chi connectivity index (χ4n) is 9.59. The molecule has 0 radical (unpaired) electrons. The number of ether oxygens (including phenoxy) is 2. The van der Waals surface area contributed by atoms with E-state index in [1.165, 1.54) is 43.4 Å². The molecule has 1 N–H and O–H groups in total. The number of imide groups is 2. The van der Waals surface area contributed by atoms with Gasteiger partial charge in [-0.3, -0.25) is 29.0 Å². The van der Waals surface area contributed by atoms with Crippen LogP contribution >= 0.6 is 23.2 Å². The van der Waals surface area contributed by atoms with Crippen molar-refractivity contribution in [3.63, 3.8) is 0 Å². The van der Waals surface area contributed by atoms with E-state index in [0.717, 1.165) is 5.56 Å². The molecule has 4 amide bonds. The quantitative estimate of drug-likeness (QED) is 0.0652. The minimum atomic E-state index is -2.67. The lowest BCUT2D eigenvalue weighted by atomic mass is 9.57. The molecule has 3 aromatic carbocycles. The van der Waals surface area contributed by atoms with Gasteiger partial charge < -0.3 is 14.6 Å². The van der Waals surface area contributed by atoms with Crippen molar-refractivity contribution in [2.75, 3.05) is 32.2 Å². The smallest absolute Gasteiger partial charge is 0.258 e. The Kier molecular flexibility index (Phi) is 10.3. The van der Waals surface area contributed by atoms with Crippen molar-refractivity contribution in [2.45, 2.75) is 48.0 Å². The molecule has 8 rings (SSSR count). The number of aromatic hydroxyl groups is 1. The maximum Gasteiger partial charge on any atom is 0.258 e. The maximum absolute atomic E-state index is 15.4. The Bertz CT molecular complexity index is 2310. The van der Waals surface area contributed by atoms with Gasteiger partial charge in [0.2, 0.25) is 23.4 Å². The summed E-state index contributed by atoms with van der Waals surface area (Å²) < 4.78 is 84.6. The van der Waals surface area contributed by atoms with Crippen LogP contribution in [0, 0.1) is 52.8 Å². The van der Waals surface area contributed by atoms with E-state index in [-0.39, 0.29) is 28.6 Å². The van der Waals surface area contributed by atoms with Crippen LogP contribution < -0.4 is 14.4 Å². The number of piperidine rings is 1. The summed E-state index contributed by atoms with van der Waals surface area (Å²) in [6.45, 7) is 1.92. The molecule has 3 aliphatic heterocycles. The fraction of sp³-hybridized carbons (Fsp3) is 0.381. The number of benzene rings is 3. The molecule has 2 aliphatic carbocycles. The molecule has 0 aromatic heterocycles. The summed E-state index contributed by atoms with van der Waals surface area (Å²) in [5.41, 5.74) is -0.114. The van der Waals surface area contributed by atoms with Crippen LogP contribution in [0.15, 0.2) is 60.2 Å². The number of phenolic OH excluding ortho intramolecular Hbond substituents is 1. The van der Waals surface area contributed by atoms with Crippen LogP contribution in [-0.2, 0) is 25.7 Å². The van der Waals surface area contributed by atoms with Crippen LogP contribution in [0.25, 0.3) is 6.08 Å². The Morgan fingerprint density at radius 1 is 0.831 bits per heavy atom. The number of carbonyl (C=O) groups excluding carboxylic acids is 4. The first-order chi connectivity index (χ1) is 28.1. The molecule has 6 atom stereocenters. The van der Waals surface area contributed by atoms with Gasteiger partial charge in [-0.15, -0.1) is 23.2 Å². The van der Waals surface area contributed by atoms with Crippen LogP contribution in [0.4, 0.5) is 27.6 Å². The summed E-state index contributed by atoms with van der Waals surface area (Å²) in [7, 11) is 2.58. The number of methoxy groups -OCH3 is 2. The molecule has 1 saturated carbocycles. The number of nitrogens with zero attached hydrogens (tertiary/aromatic N) is 3. The molecular formula is C42H36Cl2F5N3O7. The predicted octanol–water partition coefficient (Wildman–Crippen LogP) is 6.88. The van der Waals surface area contributed by atoms with Gasteiger partial charge >= 0.3 is 0 Å². The lowest BCUT2D eigenvalue weighted by molar-refractivity contribution is -0.144. The minimum absolute atomic E-state index is 0.0109. The van der Waals surface area contributed by atoms with Crippen molar-refractivity contribution in [2.24, 2.45) is 23.7 Å². The van der Waals surface area contributed by atoms with Gasteiger partial charge in [0.1, 0.15) is 5.69 Å². The molecule has 3 aromatic rings.